The molecule has 0 saturated heterocycles. The molecule has 0 unspecified atom stereocenters. The molecule has 2 rings (SSSR count). The topological polar surface area (TPSA) is 65.2 Å². The van der Waals surface area contributed by atoms with Gasteiger partial charge in [0.05, 0.1) is 16.6 Å². The van der Waals surface area contributed by atoms with Gasteiger partial charge in [-0.2, -0.15) is 0 Å². The van der Waals surface area contributed by atoms with E-state index in [4.69, 9.17) is 9.26 Å². The van der Waals surface area contributed by atoms with E-state index in [2.05, 4.69) is 10.1 Å². The van der Waals surface area contributed by atoms with Crippen molar-refractivity contribution in [3.8, 4) is 0 Å². The van der Waals surface area contributed by atoms with Crippen molar-refractivity contribution in [1.82, 2.24) is 10.1 Å². The molecule has 2 aromatic rings. The third kappa shape index (κ3) is 2.34. The van der Waals surface area contributed by atoms with Gasteiger partial charge in [0.2, 0.25) is 0 Å². The van der Waals surface area contributed by atoms with Crippen LogP contribution >= 0.6 is 0 Å². The van der Waals surface area contributed by atoms with E-state index >= 15 is 0 Å². The zero-order chi connectivity index (χ0) is 13.5. The monoisotopic (exact) mass is 248 g/mol. The summed E-state index contributed by atoms with van der Waals surface area (Å²) in [5.74, 6) is -0.385. The number of hydrogen-bond acceptors (Lipinski definition) is 5. The highest BCUT2D eigenvalue weighted by Gasteiger charge is 2.23. The van der Waals surface area contributed by atoms with Crippen molar-refractivity contribution >= 4 is 17.1 Å². The highest BCUT2D eigenvalue weighted by atomic mass is 16.6. The van der Waals surface area contributed by atoms with Crippen LogP contribution in [0, 0.1) is 13.8 Å². The van der Waals surface area contributed by atoms with Crippen LogP contribution in [0.3, 0.4) is 0 Å². The van der Waals surface area contributed by atoms with E-state index < -0.39 is 5.60 Å². The van der Waals surface area contributed by atoms with Gasteiger partial charge in [0.1, 0.15) is 5.60 Å². The van der Waals surface area contributed by atoms with Crippen molar-refractivity contribution in [1.29, 1.82) is 0 Å². The van der Waals surface area contributed by atoms with Crippen molar-refractivity contribution in [2.24, 2.45) is 0 Å². The van der Waals surface area contributed by atoms with Crippen molar-refractivity contribution in [2.75, 3.05) is 0 Å². The molecule has 5 heteroatoms. The van der Waals surface area contributed by atoms with Gasteiger partial charge in [0.25, 0.3) is 5.71 Å². The Hall–Kier alpha value is -1.91. The average molecular weight is 248 g/mol. The Labute approximate surface area is 105 Å². The molecule has 96 valence electrons. The third-order valence-corrected chi connectivity index (χ3v) is 2.36. The van der Waals surface area contributed by atoms with Gasteiger partial charge in [0.15, 0.2) is 0 Å². The minimum atomic E-state index is -0.536. The van der Waals surface area contributed by atoms with Gasteiger partial charge in [0, 0.05) is 5.69 Å². The molecule has 2 aromatic heterocycles. The molecule has 0 aliphatic rings. The fourth-order valence-corrected chi connectivity index (χ4v) is 1.71. The van der Waals surface area contributed by atoms with Gasteiger partial charge < -0.3 is 9.26 Å². The minimum Gasteiger partial charge on any atom is -0.456 e. The molecule has 0 fully saturated rings. The lowest BCUT2D eigenvalue weighted by Crippen LogP contribution is -2.24. The van der Waals surface area contributed by atoms with Crippen LogP contribution in [0.2, 0.25) is 0 Å². The number of esters is 1. The summed E-state index contributed by atoms with van der Waals surface area (Å²) in [6.07, 6.45) is 0. The summed E-state index contributed by atoms with van der Waals surface area (Å²) < 4.78 is 10.5. The van der Waals surface area contributed by atoms with Gasteiger partial charge in [-0.25, -0.2) is 9.78 Å². The molecule has 0 aliphatic carbocycles. The minimum absolute atomic E-state index is 0.369. The Morgan fingerprint density at radius 3 is 2.61 bits per heavy atom. The number of ether oxygens (including phenoxy) is 1. The second kappa shape index (κ2) is 4.08. The number of aromatic nitrogens is 2. The number of carbonyl (C=O) groups is 1. The van der Waals surface area contributed by atoms with E-state index in [1.54, 1.807) is 19.9 Å². The summed E-state index contributed by atoms with van der Waals surface area (Å²) >= 11 is 0. The molecular formula is C13H16N2O3. The number of pyridine rings is 1. The Morgan fingerprint density at radius 1 is 1.33 bits per heavy atom. The van der Waals surface area contributed by atoms with E-state index in [1.807, 2.05) is 20.8 Å². The first-order valence-electron chi connectivity index (χ1n) is 5.75. The van der Waals surface area contributed by atoms with Gasteiger partial charge in [-0.15, -0.1) is 0 Å². The first-order valence-corrected chi connectivity index (χ1v) is 5.75. The van der Waals surface area contributed by atoms with E-state index in [0.717, 1.165) is 0 Å². The molecule has 0 aromatic carbocycles. The molecule has 0 spiro atoms. The van der Waals surface area contributed by atoms with E-state index in [0.29, 0.717) is 28.1 Å². The lowest BCUT2D eigenvalue weighted by molar-refractivity contribution is 0.00715. The first-order chi connectivity index (χ1) is 8.28. The van der Waals surface area contributed by atoms with Crippen molar-refractivity contribution < 1.29 is 14.1 Å². The molecule has 0 radical (unpaired) electrons. The van der Waals surface area contributed by atoms with Crippen LogP contribution in [0.5, 0.6) is 0 Å². The van der Waals surface area contributed by atoms with E-state index in [9.17, 15) is 4.79 Å². The highest BCUT2D eigenvalue weighted by Crippen LogP contribution is 2.24. The first kappa shape index (κ1) is 12.5. The molecule has 0 bridgehead atoms. The molecule has 2 heterocycles. The summed E-state index contributed by atoms with van der Waals surface area (Å²) in [7, 11) is 0. The Kier molecular flexibility index (Phi) is 2.84. The quantitative estimate of drug-likeness (QED) is 0.726. The maximum absolute atomic E-state index is 12.2. The standard InChI is InChI=1S/C13H16N2O3/c1-7-6-9(12(16)17-13(3,4)5)10-8(2)15-18-11(10)14-7/h6H,1-5H3. The van der Waals surface area contributed by atoms with Crippen molar-refractivity contribution in [3.05, 3.63) is 23.0 Å². The molecule has 0 N–H and O–H groups in total. The summed E-state index contributed by atoms with van der Waals surface area (Å²) in [6.45, 7) is 9.06. The van der Waals surface area contributed by atoms with E-state index in [-0.39, 0.29) is 5.97 Å². The van der Waals surface area contributed by atoms with Crippen LogP contribution in [-0.2, 0) is 4.74 Å². The van der Waals surface area contributed by atoms with Crippen LogP contribution < -0.4 is 0 Å². The lowest BCUT2D eigenvalue weighted by Gasteiger charge is -2.19. The van der Waals surface area contributed by atoms with Crippen LogP contribution in [-0.4, -0.2) is 21.7 Å². The predicted molar refractivity (Wildman–Crippen MR) is 66.4 cm³/mol. The normalized spacial score (nSPS) is 11.8. The zero-order valence-electron chi connectivity index (χ0n) is 11.2. The van der Waals surface area contributed by atoms with Crippen LogP contribution in [0.15, 0.2) is 10.6 Å². The zero-order valence-corrected chi connectivity index (χ0v) is 11.2. The average Bonchev–Trinajstić information content (AvgIpc) is 2.56. The molecule has 0 atom stereocenters. The Bertz CT molecular complexity index is 608. The number of aryl methyl sites for hydroxylation is 2. The predicted octanol–water partition coefficient (Wildman–Crippen LogP) is 2.79. The van der Waals surface area contributed by atoms with Crippen LogP contribution in [0.1, 0.15) is 42.5 Å². The fraction of sp³-hybridized carbons (Fsp3) is 0.462. The number of rotatable bonds is 1. The number of hydrogen-bond donors (Lipinski definition) is 0. The summed E-state index contributed by atoms with van der Waals surface area (Å²) in [4.78, 5) is 16.4. The fourth-order valence-electron chi connectivity index (χ4n) is 1.71. The number of carbonyl (C=O) groups excluding carboxylic acids is 1. The molecule has 0 aliphatic heterocycles. The summed E-state index contributed by atoms with van der Waals surface area (Å²) in [6, 6.07) is 1.70. The summed E-state index contributed by atoms with van der Waals surface area (Å²) in [5, 5.41) is 4.45. The number of nitrogens with zero attached hydrogens (tertiary/aromatic N) is 2. The molecule has 0 amide bonds. The SMILES string of the molecule is Cc1cc(C(=O)OC(C)(C)C)c2c(C)noc2n1. The number of fused-ring (bicyclic) bond motifs is 1. The van der Waals surface area contributed by atoms with Crippen molar-refractivity contribution in [2.45, 2.75) is 40.2 Å². The molecule has 0 saturated carbocycles. The van der Waals surface area contributed by atoms with Crippen LogP contribution in [0.4, 0.5) is 0 Å². The van der Waals surface area contributed by atoms with Crippen molar-refractivity contribution in [3.63, 3.8) is 0 Å². The summed E-state index contributed by atoms with van der Waals surface area (Å²) in [5.41, 5.74) is 1.61. The largest absolute Gasteiger partial charge is 0.456 e. The second-order valence-corrected chi connectivity index (χ2v) is 5.26. The molecule has 5 nitrogen and oxygen atoms in total. The highest BCUT2D eigenvalue weighted by molar-refractivity contribution is 6.03. The Balaban J connectivity index is 2.56. The van der Waals surface area contributed by atoms with Gasteiger partial charge in [-0.1, -0.05) is 5.16 Å². The van der Waals surface area contributed by atoms with Crippen LogP contribution in [0.25, 0.3) is 11.1 Å². The molecular weight excluding hydrogens is 232 g/mol. The lowest BCUT2D eigenvalue weighted by atomic mass is 10.1. The van der Waals surface area contributed by atoms with Gasteiger partial charge >= 0.3 is 5.97 Å². The van der Waals surface area contributed by atoms with Gasteiger partial charge in [-0.3, -0.25) is 0 Å². The Morgan fingerprint density at radius 2 is 2.00 bits per heavy atom. The second-order valence-electron chi connectivity index (χ2n) is 5.26. The maximum Gasteiger partial charge on any atom is 0.339 e. The smallest absolute Gasteiger partial charge is 0.339 e. The van der Waals surface area contributed by atoms with E-state index in [1.165, 1.54) is 0 Å². The van der Waals surface area contributed by atoms with Gasteiger partial charge in [-0.05, 0) is 40.7 Å². The maximum atomic E-state index is 12.2. The third-order valence-electron chi connectivity index (χ3n) is 2.36. The molecule has 18 heavy (non-hydrogen) atoms.